The molecule has 2 aliphatic rings. The molecule has 0 bridgehead atoms. The number of carbonyl (C=O) groups is 3. The highest BCUT2D eigenvalue weighted by Gasteiger charge is 2.38. The molecule has 124 valence electrons. The van der Waals surface area contributed by atoms with Gasteiger partial charge in [0.05, 0.1) is 13.2 Å². The van der Waals surface area contributed by atoms with E-state index in [2.05, 4.69) is 4.98 Å². The van der Waals surface area contributed by atoms with Gasteiger partial charge in [-0.1, -0.05) is 0 Å². The molecule has 2 aliphatic heterocycles. The minimum absolute atomic E-state index is 0.0182. The Morgan fingerprint density at radius 3 is 2.87 bits per heavy atom. The topological polar surface area (TPSA) is 83.0 Å². The second kappa shape index (κ2) is 6.25. The van der Waals surface area contributed by atoms with Crippen molar-refractivity contribution in [3.05, 3.63) is 16.1 Å². The van der Waals surface area contributed by atoms with Crippen molar-refractivity contribution in [3.8, 4) is 0 Å². The molecule has 3 rings (SSSR count). The highest BCUT2D eigenvalue weighted by atomic mass is 32.1. The van der Waals surface area contributed by atoms with Gasteiger partial charge in [0.15, 0.2) is 0 Å². The third kappa shape index (κ3) is 3.06. The first-order valence-corrected chi connectivity index (χ1v) is 8.20. The Kier molecular flexibility index (Phi) is 4.31. The SMILES string of the molecule is Cc1csc(C2COCCN2C(=O)CN2C(=O)CN(C)C2=O)n1. The standard InChI is InChI=1S/C14H18N4O4S/c1-9-8-23-13(15-9)10-7-22-4-3-17(10)12(20)6-18-11(19)5-16(2)14(18)21/h8,10H,3-7H2,1-2H3. The maximum atomic E-state index is 12.6. The van der Waals surface area contributed by atoms with E-state index in [0.717, 1.165) is 15.6 Å². The second-order valence-electron chi connectivity index (χ2n) is 5.62. The zero-order valence-electron chi connectivity index (χ0n) is 13.0. The summed E-state index contributed by atoms with van der Waals surface area (Å²) in [6.45, 7) is 2.92. The molecule has 1 atom stereocenters. The summed E-state index contributed by atoms with van der Waals surface area (Å²) in [7, 11) is 1.54. The normalized spacial score (nSPS) is 22.2. The van der Waals surface area contributed by atoms with Gasteiger partial charge in [-0.05, 0) is 6.92 Å². The quantitative estimate of drug-likeness (QED) is 0.738. The average molecular weight is 338 g/mol. The average Bonchev–Trinajstić information content (AvgIpc) is 3.06. The summed E-state index contributed by atoms with van der Waals surface area (Å²) in [4.78, 5) is 44.8. The van der Waals surface area contributed by atoms with Crippen LogP contribution in [0, 0.1) is 6.92 Å². The lowest BCUT2D eigenvalue weighted by Gasteiger charge is -2.35. The summed E-state index contributed by atoms with van der Waals surface area (Å²) in [6, 6.07) is -0.696. The maximum Gasteiger partial charge on any atom is 0.327 e. The molecule has 4 amide bonds. The number of amides is 4. The van der Waals surface area contributed by atoms with Crippen LogP contribution in [0.15, 0.2) is 5.38 Å². The Labute approximate surface area is 137 Å². The molecule has 2 saturated heterocycles. The monoisotopic (exact) mass is 338 g/mol. The van der Waals surface area contributed by atoms with Crippen molar-refractivity contribution in [2.75, 3.05) is 39.9 Å². The van der Waals surface area contributed by atoms with Crippen molar-refractivity contribution in [2.45, 2.75) is 13.0 Å². The third-order valence-electron chi connectivity index (χ3n) is 3.89. The number of rotatable bonds is 3. The minimum Gasteiger partial charge on any atom is -0.377 e. The number of likely N-dealkylation sites (N-methyl/N-ethyl adjacent to an activating group) is 1. The lowest BCUT2D eigenvalue weighted by atomic mass is 10.2. The number of carbonyl (C=O) groups excluding carboxylic acids is 3. The van der Waals surface area contributed by atoms with Gasteiger partial charge >= 0.3 is 6.03 Å². The minimum atomic E-state index is -0.432. The van der Waals surface area contributed by atoms with Crippen molar-refractivity contribution >= 4 is 29.2 Å². The first kappa shape index (κ1) is 15.9. The van der Waals surface area contributed by atoms with Crippen LogP contribution in [0.3, 0.4) is 0 Å². The number of nitrogens with zero attached hydrogens (tertiary/aromatic N) is 4. The molecule has 2 fully saturated rings. The van der Waals surface area contributed by atoms with E-state index in [1.165, 1.54) is 16.2 Å². The van der Waals surface area contributed by atoms with Crippen molar-refractivity contribution in [1.29, 1.82) is 0 Å². The Morgan fingerprint density at radius 2 is 2.26 bits per heavy atom. The van der Waals surface area contributed by atoms with Gasteiger partial charge in [-0.2, -0.15) is 0 Å². The van der Waals surface area contributed by atoms with Gasteiger partial charge in [0.1, 0.15) is 24.1 Å². The summed E-state index contributed by atoms with van der Waals surface area (Å²) in [5.74, 6) is -0.607. The van der Waals surface area contributed by atoms with Crippen LogP contribution in [0.2, 0.25) is 0 Å². The molecule has 0 saturated carbocycles. The summed E-state index contributed by atoms with van der Waals surface area (Å²) in [5.41, 5.74) is 0.898. The predicted molar refractivity (Wildman–Crippen MR) is 81.9 cm³/mol. The predicted octanol–water partition coefficient (Wildman–Crippen LogP) is 0.245. The van der Waals surface area contributed by atoms with E-state index in [4.69, 9.17) is 4.74 Å². The fourth-order valence-electron chi connectivity index (χ4n) is 2.68. The van der Waals surface area contributed by atoms with Crippen LogP contribution in [-0.4, -0.2) is 77.4 Å². The Hall–Kier alpha value is -2.00. The van der Waals surface area contributed by atoms with Gasteiger partial charge in [0, 0.05) is 24.7 Å². The fraction of sp³-hybridized carbons (Fsp3) is 0.571. The smallest absolute Gasteiger partial charge is 0.327 e. The lowest BCUT2D eigenvalue weighted by Crippen LogP contribution is -2.48. The van der Waals surface area contributed by atoms with Crippen LogP contribution in [-0.2, 0) is 14.3 Å². The van der Waals surface area contributed by atoms with Crippen molar-refractivity contribution in [1.82, 2.24) is 19.7 Å². The van der Waals surface area contributed by atoms with Gasteiger partial charge in [-0.3, -0.25) is 14.5 Å². The van der Waals surface area contributed by atoms with Gasteiger partial charge in [-0.15, -0.1) is 11.3 Å². The molecule has 0 radical (unpaired) electrons. The summed E-state index contributed by atoms with van der Waals surface area (Å²) < 4.78 is 5.47. The summed E-state index contributed by atoms with van der Waals surface area (Å²) in [5, 5.41) is 2.74. The first-order chi connectivity index (χ1) is 11.0. The van der Waals surface area contributed by atoms with E-state index in [0.29, 0.717) is 19.8 Å². The highest BCUT2D eigenvalue weighted by Crippen LogP contribution is 2.27. The van der Waals surface area contributed by atoms with Crippen LogP contribution in [0.25, 0.3) is 0 Å². The van der Waals surface area contributed by atoms with E-state index < -0.39 is 6.03 Å². The Bertz CT molecular complexity index is 646. The summed E-state index contributed by atoms with van der Waals surface area (Å²) >= 11 is 1.48. The van der Waals surface area contributed by atoms with Crippen molar-refractivity contribution in [3.63, 3.8) is 0 Å². The highest BCUT2D eigenvalue weighted by molar-refractivity contribution is 7.09. The Morgan fingerprint density at radius 1 is 1.48 bits per heavy atom. The number of aryl methyl sites for hydroxylation is 1. The van der Waals surface area contributed by atoms with Crippen LogP contribution in [0.5, 0.6) is 0 Å². The molecule has 1 aromatic rings. The zero-order chi connectivity index (χ0) is 16.6. The van der Waals surface area contributed by atoms with Gasteiger partial charge in [0.25, 0.3) is 5.91 Å². The number of imide groups is 1. The molecule has 9 heteroatoms. The molecular formula is C14H18N4O4S. The zero-order valence-corrected chi connectivity index (χ0v) is 13.8. The second-order valence-corrected chi connectivity index (χ2v) is 6.51. The molecular weight excluding hydrogens is 320 g/mol. The molecule has 23 heavy (non-hydrogen) atoms. The van der Waals surface area contributed by atoms with Gasteiger partial charge < -0.3 is 14.5 Å². The van der Waals surface area contributed by atoms with E-state index in [1.807, 2.05) is 12.3 Å². The van der Waals surface area contributed by atoms with E-state index in [9.17, 15) is 14.4 Å². The van der Waals surface area contributed by atoms with Gasteiger partial charge in [-0.25, -0.2) is 9.78 Å². The largest absolute Gasteiger partial charge is 0.377 e. The molecule has 0 spiro atoms. The van der Waals surface area contributed by atoms with Crippen LogP contribution in [0.1, 0.15) is 16.7 Å². The van der Waals surface area contributed by atoms with E-state index in [1.54, 1.807) is 11.9 Å². The molecule has 8 nitrogen and oxygen atoms in total. The Balaban J connectivity index is 1.74. The first-order valence-electron chi connectivity index (χ1n) is 7.32. The molecule has 0 aliphatic carbocycles. The lowest BCUT2D eigenvalue weighted by molar-refractivity contribution is -0.143. The van der Waals surface area contributed by atoms with Crippen molar-refractivity contribution in [2.24, 2.45) is 0 Å². The number of aromatic nitrogens is 1. The van der Waals surface area contributed by atoms with Crippen LogP contribution in [0.4, 0.5) is 4.79 Å². The van der Waals surface area contributed by atoms with Crippen LogP contribution >= 0.6 is 11.3 Å². The number of hydrogen-bond acceptors (Lipinski definition) is 6. The molecule has 3 heterocycles. The number of ether oxygens (including phenoxy) is 1. The maximum absolute atomic E-state index is 12.6. The number of hydrogen-bond donors (Lipinski definition) is 0. The molecule has 0 aromatic carbocycles. The van der Waals surface area contributed by atoms with Gasteiger partial charge in [0.2, 0.25) is 5.91 Å². The van der Waals surface area contributed by atoms with Crippen molar-refractivity contribution < 1.29 is 19.1 Å². The number of urea groups is 1. The van der Waals surface area contributed by atoms with E-state index in [-0.39, 0.29) is 30.9 Å². The van der Waals surface area contributed by atoms with E-state index >= 15 is 0 Å². The molecule has 1 unspecified atom stereocenters. The fourth-order valence-corrected chi connectivity index (χ4v) is 3.58. The summed E-state index contributed by atoms with van der Waals surface area (Å²) in [6.07, 6.45) is 0. The molecule has 1 aromatic heterocycles. The number of thiazole rings is 1. The number of morpholine rings is 1. The third-order valence-corrected chi connectivity index (χ3v) is 4.96. The van der Waals surface area contributed by atoms with Crippen LogP contribution < -0.4 is 0 Å². The molecule has 0 N–H and O–H groups in total.